The maximum Gasteiger partial charge on any atom is 0.407 e. The van der Waals surface area contributed by atoms with Crippen LogP contribution in [0.5, 0.6) is 0 Å². The minimum Gasteiger partial charge on any atom is -0.179 e. The topological polar surface area (TPSA) is 0 Å². The molecule has 1 rings (SSSR count). The van der Waals surface area contributed by atoms with Crippen LogP contribution in [0.1, 0.15) is 0 Å². The van der Waals surface area contributed by atoms with Crippen LogP contribution in [0.25, 0.3) is 0 Å². The predicted octanol–water partition coefficient (Wildman–Crippen LogP) is 2.23. The molecule has 5 heteroatoms. The Bertz CT molecular complexity index is 247. The standard InChI is InChI=1S/C7H5BClF3/c9-8(7(10,11)12)6-4-2-1-3-5-6/h1-5H. The van der Waals surface area contributed by atoms with Crippen LogP contribution >= 0.6 is 11.5 Å². The molecule has 0 heterocycles. The van der Waals surface area contributed by atoms with Crippen molar-refractivity contribution in [3.63, 3.8) is 0 Å². The fourth-order valence-electron chi connectivity index (χ4n) is 0.811. The summed E-state index contributed by atoms with van der Waals surface area (Å²) in [6, 6.07) is 7.40. The first-order valence-electron chi connectivity index (χ1n) is 3.27. The van der Waals surface area contributed by atoms with Crippen LogP contribution in [0.3, 0.4) is 0 Å². The van der Waals surface area contributed by atoms with Crippen molar-refractivity contribution in [3.8, 4) is 0 Å². The molecule has 64 valence electrons. The summed E-state index contributed by atoms with van der Waals surface area (Å²) < 4.78 is 36.0. The van der Waals surface area contributed by atoms with E-state index in [1.807, 2.05) is 0 Å². The number of hydrogen-bond acceptors (Lipinski definition) is 0. The van der Waals surface area contributed by atoms with Crippen molar-refractivity contribution in [1.29, 1.82) is 0 Å². The highest BCUT2D eigenvalue weighted by Crippen LogP contribution is 2.21. The third-order valence-corrected chi connectivity index (χ3v) is 1.88. The van der Waals surface area contributed by atoms with Gasteiger partial charge in [-0.15, -0.1) is 0 Å². The van der Waals surface area contributed by atoms with Crippen molar-refractivity contribution < 1.29 is 13.2 Å². The molecule has 0 amide bonds. The summed E-state index contributed by atoms with van der Waals surface area (Å²) >= 11 is 5.16. The van der Waals surface area contributed by atoms with Crippen molar-refractivity contribution in [3.05, 3.63) is 30.3 Å². The van der Waals surface area contributed by atoms with Crippen LogP contribution in [-0.2, 0) is 0 Å². The second-order valence-electron chi connectivity index (χ2n) is 2.31. The van der Waals surface area contributed by atoms with Crippen LogP contribution in [0, 0.1) is 0 Å². The number of alkyl halides is 3. The smallest absolute Gasteiger partial charge is 0.179 e. The molecule has 1 aromatic rings. The maximum atomic E-state index is 12.0. The van der Waals surface area contributed by atoms with Gasteiger partial charge in [0.2, 0.25) is 0 Å². The number of hydrogen-bond donors (Lipinski definition) is 0. The van der Waals surface area contributed by atoms with Crippen molar-refractivity contribution in [2.45, 2.75) is 6.08 Å². The molecule has 0 bridgehead atoms. The number of benzene rings is 1. The fourth-order valence-corrected chi connectivity index (χ4v) is 0.956. The Morgan fingerprint density at radius 3 is 2.00 bits per heavy atom. The zero-order valence-electron chi connectivity index (χ0n) is 5.98. The molecule has 0 aromatic heterocycles. The Hall–Kier alpha value is -0.635. The first-order valence-corrected chi connectivity index (χ1v) is 3.71. The zero-order chi connectivity index (χ0) is 9.19. The lowest BCUT2D eigenvalue weighted by atomic mass is 9.67. The van der Waals surface area contributed by atoms with Crippen LogP contribution in [0.2, 0.25) is 0 Å². The largest absolute Gasteiger partial charge is 0.407 e. The van der Waals surface area contributed by atoms with Gasteiger partial charge >= 0.3 is 12.2 Å². The second-order valence-corrected chi connectivity index (χ2v) is 2.75. The molecule has 0 spiro atoms. The fraction of sp³-hybridized carbons (Fsp3) is 0.143. The first kappa shape index (κ1) is 9.45. The van der Waals surface area contributed by atoms with Gasteiger partial charge < -0.3 is 0 Å². The van der Waals surface area contributed by atoms with Crippen LogP contribution in [0.4, 0.5) is 13.2 Å². The summed E-state index contributed by atoms with van der Waals surface area (Å²) in [5.41, 5.74) is 0.0756. The molecular weight excluding hydrogens is 187 g/mol. The number of halogens is 4. The van der Waals surface area contributed by atoms with E-state index in [9.17, 15) is 13.2 Å². The van der Waals surface area contributed by atoms with Crippen LogP contribution in [0.15, 0.2) is 30.3 Å². The molecule has 0 atom stereocenters. The Kier molecular flexibility index (Phi) is 2.67. The maximum absolute atomic E-state index is 12.0. The van der Waals surface area contributed by atoms with E-state index in [1.165, 1.54) is 24.3 Å². The summed E-state index contributed by atoms with van der Waals surface area (Å²) in [6.07, 6.45) is -6.28. The van der Waals surface area contributed by atoms with E-state index < -0.39 is 12.2 Å². The number of rotatable bonds is 1. The summed E-state index contributed by atoms with van der Waals surface area (Å²) in [4.78, 5) is 0. The molecule has 0 unspecified atom stereocenters. The van der Waals surface area contributed by atoms with E-state index in [2.05, 4.69) is 0 Å². The molecule has 0 aliphatic carbocycles. The molecular formula is C7H5BClF3. The highest BCUT2D eigenvalue weighted by molar-refractivity contribution is 7.15. The van der Waals surface area contributed by atoms with Gasteiger partial charge in [0.1, 0.15) is 0 Å². The highest BCUT2D eigenvalue weighted by Gasteiger charge is 2.43. The minimum atomic E-state index is -4.37. The van der Waals surface area contributed by atoms with Gasteiger partial charge in [-0.1, -0.05) is 35.8 Å². The van der Waals surface area contributed by atoms with Crippen LogP contribution in [-0.4, -0.2) is 12.2 Å². The molecule has 0 fully saturated rings. The van der Waals surface area contributed by atoms with E-state index in [0.29, 0.717) is 0 Å². The molecule has 0 radical (unpaired) electrons. The van der Waals surface area contributed by atoms with Gasteiger partial charge in [0, 0.05) is 0 Å². The monoisotopic (exact) mass is 192 g/mol. The third kappa shape index (κ3) is 2.17. The van der Waals surface area contributed by atoms with Gasteiger partial charge in [-0.2, -0.15) is 24.6 Å². The summed E-state index contributed by atoms with van der Waals surface area (Å²) in [5.74, 6) is 0. The summed E-state index contributed by atoms with van der Waals surface area (Å²) in [6.45, 7) is 0. The Balaban J connectivity index is 2.86. The van der Waals surface area contributed by atoms with Crippen molar-refractivity contribution in [2.24, 2.45) is 0 Å². The van der Waals surface area contributed by atoms with Crippen molar-refractivity contribution >= 4 is 23.1 Å². The predicted molar refractivity (Wildman–Crippen MR) is 43.7 cm³/mol. The Labute approximate surface area is 73.3 Å². The SMILES string of the molecule is FC(F)(F)B(Cl)c1ccccc1. The minimum absolute atomic E-state index is 0.0756. The second kappa shape index (κ2) is 3.39. The molecule has 0 aliphatic heterocycles. The molecule has 1 aromatic carbocycles. The van der Waals surface area contributed by atoms with Crippen molar-refractivity contribution in [2.75, 3.05) is 0 Å². The molecule has 0 nitrogen and oxygen atoms in total. The molecule has 0 saturated carbocycles. The van der Waals surface area contributed by atoms with Gasteiger partial charge in [-0.3, -0.25) is 0 Å². The van der Waals surface area contributed by atoms with Gasteiger partial charge in [0.25, 0.3) is 0 Å². The van der Waals surface area contributed by atoms with E-state index in [-0.39, 0.29) is 5.46 Å². The van der Waals surface area contributed by atoms with E-state index in [0.717, 1.165) is 0 Å². The summed E-state index contributed by atoms with van der Waals surface area (Å²) in [7, 11) is 0. The molecule has 0 saturated heterocycles. The van der Waals surface area contributed by atoms with Gasteiger partial charge in [-0.25, -0.2) is 0 Å². The lowest BCUT2D eigenvalue weighted by molar-refractivity contribution is -0.0472. The lowest BCUT2D eigenvalue weighted by Crippen LogP contribution is -2.39. The average Bonchev–Trinajstić information content (AvgIpc) is 2.03. The Morgan fingerprint density at radius 1 is 1.08 bits per heavy atom. The molecule has 12 heavy (non-hydrogen) atoms. The molecule has 0 N–H and O–H groups in total. The molecule has 0 aliphatic rings. The van der Waals surface area contributed by atoms with E-state index >= 15 is 0 Å². The first-order chi connectivity index (χ1) is 5.52. The highest BCUT2D eigenvalue weighted by atomic mass is 35.5. The van der Waals surface area contributed by atoms with Crippen LogP contribution < -0.4 is 5.46 Å². The van der Waals surface area contributed by atoms with E-state index in [4.69, 9.17) is 11.5 Å². The average molecular weight is 192 g/mol. The quantitative estimate of drug-likeness (QED) is 0.599. The van der Waals surface area contributed by atoms with Gasteiger partial charge in [0.05, 0.1) is 0 Å². The van der Waals surface area contributed by atoms with Gasteiger partial charge in [0.15, 0.2) is 0 Å². The zero-order valence-corrected chi connectivity index (χ0v) is 6.73. The van der Waals surface area contributed by atoms with E-state index in [1.54, 1.807) is 6.07 Å². The lowest BCUT2D eigenvalue weighted by Gasteiger charge is -2.09. The third-order valence-electron chi connectivity index (χ3n) is 1.38. The summed E-state index contributed by atoms with van der Waals surface area (Å²) in [5, 5.41) is 0. The normalized spacial score (nSPS) is 11.3. The Morgan fingerprint density at radius 2 is 1.58 bits per heavy atom. The van der Waals surface area contributed by atoms with Gasteiger partial charge in [-0.05, 0) is 0 Å². The van der Waals surface area contributed by atoms with Crippen molar-refractivity contribution in [1.82, 2.24) is 0 Å².